The average Bonchev–Trinajstić information content (AvgIpc) is 2.70. The number of rotatable bonds is 2. The molecule has 1 aliphatic heterocycles. The molecule has 16 heavy (non-hydrogen) atoms. The molecule has 1 saturated heterocycles. The fourth-order valence-electron chi connectivity index (χ4n) is 3.04. The first-order valence-electron chi connectivity index (χ1n) is 6.36. The molecule has 2 unspecified atom stereocenters. The molecule has 1 N–H and O–H groups in total. The normalized spacial score (nSPS) is 33.2. The molecule has 1 heterocycles. The minimum atomic E-state index is -4.01. The zero-order valence-electron chi connectivity index (χ0n) is 9.52. The largest absolute Gasteiger partial charge is 0.393 e. The molecule has 0 aromatic rings. The molecule has 1 saturated carbocycles. The molecule has 0 amide bonds. The second-order valence-electron chi connectivity index (χ2n) is 5.31. The fourth-order valence-corrected chi connectivity index (χ4v) is 3.04. The lowest BCUT2D eigenvalue weighted by atomic mass is 9.88. The van der Waals surface area contributed by atoms with Crippen molar-refractivity contribution < 1.29 is 13.2 Å². The van der Waals surface area contributed by atoms with E-state index in [1.165, 1.54) is 25.7 Å². The van der Waals surface area contributed by atoms with Crippen LogP contribution < -0.4 is 5.32 Å². The van der Waals surface area contributed by atoms with E-state index in [4.69, 9.17) is 0 Å². The van der Waals surface area contributed by atoms with Crippen LogP contribution >= 0.6 is 0 Å². The maximum atomic E-state index is 12.4. The molecule has 94 valence electrons. The second-order valence-corrected chi connectivity index (χ2v) is 5.31. The van der Waals surface area contributed by atoms with Crippen LogP contribution in [0, 0.1) is 11.8 Å². The van der Waals surface area contributed by atoms with Gasteiger partial charge < -0.3 is 5.32 Å². The zero-order valence-corrected chi connectivity index (χ0v) is 9.52. The highest BCUT2D eigenvalue weighted by molar-refractivity contribution is 4.84. The summed E-state index contributed by atoms with van der Waals surface area (Å²) in [6.07, 6.45) is 3.26. The van der Waals surface area contributed by atoms with Gasteiger partial charge in [-0.3, -0.25) is 0 Å². The summed E-state index contributed by atoms with van der Waals surface area (Å²) in [6, 6.07) is 0.335. The van der Waals surface area contributed by atoms with Gasteiger partial charge in [-0.15, -0.1) is 0 Å². The van der Waals surface area contributed by atoms with Crippen molar-refractivity contribution in [2.24, 2.45) is 11.8 Å². The Labute approximate surface area is 94.8 Å². The van der Waals surface area contributed by atoms with Crippen LogP contribution in [0.2, 0.25) is 0 Å². The van der Waals surface area contributed by atoms with Crippen molar-refractivity contribution in [2.45, 2.75) is 57.2 Å². The molecule has 4 heteroatoms. The van der Waals surface area contributed by atoms with Gasteiger partial charge in [0.15, 0.2) is 0 Å². The lowest BCUT2D eigenvalue weighted by molar-refractivity contribution is -0.179. The van der Waals surface area contributed by atoms with Crippen molar-refractivity contribution in [1.29, 1.82) is 0 Å². The minimum Gasteiger partial charge on any atom is -0.313 e. The Morgan fingerprint density at radius 3 is 2.19 bits per heavy atom. The van der Waals surface area contributed by atoms with Crippen LogP contribution in [0.4, 0.5) is 13.2 Å². The third-order valence-corrected chi connectivity index (χ3v) is 4.07. The minimum absolute atomic E-state index is 0.126. The molecule has 1 nitrogen and oxygen atoms in total. The van der Waals surface area contributed by atoms with Crippen LogP contribution in [0.1, 0.15) is 44.9 Å². The summed E-state index contributed by atoms with van der Waals surface area (Å²) >= 11 is 0. The number of hydrogen-bond donors (Lipinski definition) is 1. The van der Waals surface area contributed by atoms with E-state index in [2.05, 4.69) is 5.32 Å². The van der Waals surface area contributed by atoms with Crippen LogP contribution in [0.25, 0.3) is 0 Å². The van der Waals surface area contributed by atoms with Gasteiger partial charge >= 0.3 is 6.18 Å². The van der Waals surface area contributed by atoms with Crippen LogP contribution in [0.5, 0.6) is 0 Å². The van der Waals surface area contributed by atoms with Crippen molar-refractivity contribution in [3.05, 3.63) is 0 Å². The molecule has 2 aliphatic rings. The van der Waals surface area contributed by atoms with Crippen LogP contribution in [0.15, 0.2) is 0 Å². The predicted molar refractivity (Wildman–Crippen MR) is 57.1 cm³/mol. The first-order chi connectivity index (χ1) is 7.55. The van der Waals surface area contributed by atoms with Crippen LogP contribution in [0.3, 0.4) is 0 Å². The van der Waals surface area contributed by atoms with Crippen LogP contribution in [-0.2, 0) is 0 Å². The Hall–Kier alpha value is -0.250. The van der Waals surface area contributed by atoms with Gasteiger partial charge in [0.1, 0.15) is 0 Å². The monoisotopic (exact) mass is 235 g/mol. The summed E-state index contributed by atoms with van der Waals surface area (Å²) in [5.41, 5.74) is 0. The Morgan fingerprint density at radius 2 is 1.69 bits per heavy atom. The maximum absolute atomic E-state index is 12.4. The van der Waals surface area contributed by atoms with Gasteiger partial charge in [-0.1, -0.05) is 25.7 Å². The van der Waals surface area contributed by atoms with E-state index in [1.54, 1.807) is 0 Å². The number of piperidine rings is 1. The summed E-state index contributed by atoms with van der Waals surface area (Å²) in [6.45, 7) is 0.126. The van der Waals surface area contributed by atoms with Gasteiger partial charge in [-0.2, -0.15) is 13.2 Å². The summed E-state index contributed by atoms with van der Waals surface area (Å²) < 4.78 is 37.3. The first kappa shape index (κ1) is 12.2. The average molecular weight is 235 g/mol. The van der Waals surface area contributed by atoms with Gasteiger partial charge in [0.05, 0.1) is 5.92 Å². The second kappa shape index (κ2) is 4.94. The number of nitrogens with one attached hydrogen (secondary N) is 1. The molecular weight excluding hydrogens is 215 g/mol. The molecule has 0 aromatic carbocycles. The van der Waals surface area contributed by atoms with E-state index in [9.17, 15) is 13.2 Å². The van der Waals surface area contributed by atoms with E-state index >= 15 is 0 Å². The van der Waals surface area contributed by atoms with E-state index in [-0.39, 0.29) is 6.54 Å². The van der Waals surface area contributed by atoms with E-state index < -0.39 is 12.1 Å². The zero-order chi connectivity index (χ0) is 11.6. The lowest BCUT2D eigenvalue weighted by Gasteiger charge is -2.32. The summed E-state index contributed by atoms with van der Waals surface area (Å²) in [5.74, 6) is -0.354. The molecule has 0 spiro atoms. The summed E-state index contributed by atoms with van der Waals surface area (Å²) in [7, 11) is 0. The van der Waals surface area contributed by atoms with Crippen molar-refractivity contribution in [3.63, 3.8) is 0 Å². The highest BCUT2D eigenvalue weighted by atomic mass is 19.4. The van der Waals surface area contributed by atoms with Crippen molar-refractivity contribution in [2.75, 3.05) is 6.54 Å². The molecule has 0 aromatic heterocycles. The van der Waals surface area contributed by atoms with Crippen molar-refractivity contribution in [1.82, 2.24) is 5.32 Å². The third kappa shape index (κ3) is 3.12. The standard InChI is InChI=1S/C12H20F3N/c13-12(14,15)10-5-6-11(16-8-10)7-9-3-1-2-4-9/h9-11,16H,1-8H2. The van der Waals surface area contributed by atoms with E-state index in [1.807, 2.05) is 0 Å². The Bertz CT molecular complexity index is 213. The topological polar surface area (TPSA) is 12.0 Å². The van der Waals surface area contributed by atoms with Gasteiger partial charge in [-0.25, -0.2) is 0 Å². The van der Waals surface area contributed by atoms with Crippen molar-refractivity contribution in [3.8, 4) is 0 Å². The van der Waals surface area contributed by atoms with Gasteiger partial charge in [0.2, 0.25) is 0 Å². The fraction of sp³-hybridized carbons (Fsp3) is 1.00. The first-order valence-corrected chi connectivity index (χ1v) is 6.36. The van der Waals surface area contributed by atoms with E-state index in [0.717, 1.165) is 12.3 Å². The molecule has 0 radical (unpaired) electrons. The number of alkyl halides is 3. The molecule has 2 rings (SSSR count). The Morgan fingerprint density at radius 1 is 1.00 bits per heavy atom. The smallest absolute Gasteiger partial charge is 0.313 e. The highest BCUT2D eigenvalue weighted by Gasteiger charge is 2.41. The van der Waals surface area contributed by atoms with E-state index in [0.29, 0.717) is 18.9 Å². The number of hydrogen-bond acceptors (Lipinski definition) is 1. The lowest BCUT2D eigenvalue weighted by Crippen LogP contribution is -2.44. The van der Waals surface area contributed by atoms with Crippen LogP contribution in [-0.4, -0.2) is 18.8 Å². The van der Waals surface area contributed by atoms with Gasteiger partial charge in [0, 0.05) is 12.6 Å². The van der Waals surface area contributed by atoms with Crippen molar-refractivity contribution >= 4 is 0 Å². The molecule has 2 atom stereocenters. The third-order valence-electron chi connectivity index (χ3n) is 4.07. The molecule has 2 fully saturated rings. The number of halogens is 3. The Kier molecular flexibility index (Phi) is 3.77. The van der Waals surface area contributed by atoms with Gasteiger partial charge in [0.25, 0.3) is 0 Å². The molecule has 1 aliphatic carbocycles. The molecule has 0 bridgehead atoms. The maximum Gasteiger partial charge on any atom is 0.393 e. The highest BCUT2D eigenvalue weighted by Crippen LogP contribution is 2.35. The predicted octanol–water partition coefficient (Wildman–Crippen LogP) is 3.50. The van der Waals surface area contributed by atoms with Gasteiger partial charge in [-0.05, 0) is 25.2 Å². The Balaban J connectivity index is 1.72. The summed E-state index contributed by atoms with van der Waals surface area (Å²) in [5, 5.41) is 3.08. The molecular formula is C12H20F3N. The SMILES string of the molecule is FC(F)(F)C1CCC(CC2CCCC2)NC1. The quantitative estimate of drug-likeness (QED) is 0.772. The summed E-state index contributed by atoms with van der Waals surface area (Å²) in [4.78, 5) is 0.